The van der Waals surface area contributed by atoms with Crippen molar-refractivity contribution >= 4 is 0 Å². The third-order valence-electron chi connectivity index (χ3n) is 1.72. The van der Waals surface area contributed by atoms with Crippen molar-refractivity contribution in [2.24, 2.45) is 5.73 Å². The highest BCUT2D eigenvalue weighted by Crippen LogP contribution is 1.99. The smallest absolute Gasteiger partial charge is 0.0109 e. The summed E-state index contributed by atoms with van der Waals surface area (Å²) >= 11 is 0. The zero-order valence-corrected chi connectivity index (χ0v) is 7.69. The van der Waals surface area contributed by atoms with E-state index in [1.807, 2.05) is 24.3 Å². The van der Waals surface area contributed by atoms with Gasteiger partial charge in [-0.25, -0.2) is 0 Å². The minimum absolute atomic E-state index is 0.607. The number of hydrogen-bond donors (Lipinski definition) is 1. The van der Waals surface area contributed by atoms with Crippen molar-refractivity contribution in [3.8, 4) is 0 Å². The van der Waals surface area contributed by atoms with Gasteiger partial charge in [-0.15, -0.1) is 0 Å². The zero-order chi connectivity index (χ0) is 9.36. The second-order valence-electron chi connectivity index (χ2n) is 2.78. The van der Waals surface area contributed by atoms with Gasteiger partial charge in [-0.05, 0) is 12.0 Å². The average molecular weight is 173 g/mol. The average Bonchev–Trinajstić information content (AvgIpc) is 2.19. The van der Waals surface area contributed by atoms with Crippen LogP contribution in [0.1, 0.15) is 5.56 Å². The fourth-order valence-corrected chi connectivity index (χ4v) is 1.05. The van der Waals surface area contributed by atoms with Crippen LogP contribution in [0, 0.1) is 0 Å². The molecular formula is C12H15N. The summed E-state index contributed by atoms with van der Waals surface area (Å²) in [6.45, 7) is 0.607. The van der Waals surface area contributed by atoms with Gasteiger partial charge in [0.1, 0.15) is 0 Å². The van der Waals surface area contributed by atoms with Crippen molar-refractivity contribution in [1.29, 1.82) is 0 Å². The van der Waals surface area contributed by atoms with E-state index in [2.05, 4.69) is 30.3 Å². The van der Waals surface area contributed by atoms with Crippen LogP contribution < -0.4 is 5.73 Å². The fraction of sp³-hybridized carbons (Fsp3) is 0.167. The van der Waals surface area contributed by atoms with Gasteiger partial charge < -0.3 is 5.73 Å². The number of benzene rings is 1. The van der Waals surface area contributed by atoms with E-state index >= 15 is 0 Å². The third kappa shape index (κ3) is 4.28. The van der Waals surface area contributed by atoms with Crippen LogP contribution in [-0.4, -0.2) is 6.54 Å². The maximum atomic E-state index is 5.30. The minimum Gasteiger partial charge on any atom is -0.327 e. The van der Waals surface area contributed by atoms with Gasteiger partial charge in [0.15, 0.2) is 0 Å². The lowest BCUT2D eigenvalue weighted by atomic mass is 10.1. The molecule has 0 fully saturated rings. The number of rotatable bonds is 4. The number of allylic oxidation sites excluding steroid dienone is 3. The second-order valence-corrected chi connectivity index (χ2v) is 2.78. The highest BCUT2D eigenvalue weighted by Gasteiger charge is 1.83. The molecule has 1 rings (SSSR count). The molecule has 2 N–H and O–H groups in total. The Labute approximate surface area is 79.6 Å². The fourth-order valence-electron chi connectivity index (χ4n) is 1.05. The summed E-state index contributed by atoms with van der Waals surface area (Å²) in [4.78, 5) is 0. The molecule has 1 aromatic rings. The molecule has 0 bridgehead atoms. The van der Waals surface area contributed by atoms with Gasteiger partial charge in [0, 0.05) is 6.54 Å². The molecule has 0 unspecified atom stereocenters. The van der Waals surface area contributed by atoms with E-state index in [0.29, 0.717) is 6.54 Å². The van der Waals surface area contributed by atoms with Crippen LogP contribution in [0.15, 0.2) is 54.6 Å². The molecule has 0 saturated heterocycles. The largest absolute Gasteiger partial charge is 0.327 e. The molecule has 1 nitrogen and oxygen atoms in total. The Morgan fingerprint density at radius 1 is 1.00 bits per heavy atom. The van der Waals surface area contributed by atoms with E-state index in [-0.39, 0.29) is 0 Å². The van der Waals surface area contributed by atoms with Crippen LogP contribution in [0.4, 0.5) is 0 Å². The SMILES string of the molecule is NC/C=C/C=C/Cc1ccccc1. The van der Waals surface area contributed by atoms with Gasteiger partial charge in [-0.1, -0.05) is 54.6 Å². The molecule has 0 saturated carbocycles. The number of hydrogen-bond acceptors (Lipinski definition) is 1. The van der Waals surface area contributed by atoms with Crippen LogP contribution >= 0.6 is 0 Å². The minimum atomic E-state index is 0.607. The first-order chi connectivity index (χ1) is 6.43. The quantitative estimate of drug-likeness (QED) is 0.695. The lowest BCUT2D eigenvalue weighted by Crippen LogP contribution is -1.91. The molecule has 0 heterocycles. The van der Waals surface area contributed by atoms with E-state index in [1.165, 1.54) is 5.56 Å². The van der Waals surface area contributed by atoms with Crippen molar-refractivity contribution < 1.29 is 0 Å². The van der Waals surface area contributed by atoms with Gasteiger partial charge in [0.05, 0.1) is 0 Å². The summed E-state index contributed by atoms with van der Waals surface area (Å²) in [5.41, 5.74) is 6.63. The molecule has 1 aromatic carbocycles. The van der Waals surface area contributed by atoms with Crippen LogP contribution in [0.25, 0.3) is 0 Å². The lowest BCUT2D eigenvalue weighted by Gasteiger charge is -1.92. The van der Waals surface area contributed by atoms with Crippen LogP contribution in [-0.2, 0) is 6.42 Å². The molecule has 0 aliphatic rings. The monoisotopic (exact) mass is 173 g/mol. The summed E-state index contributed by atoms with van der Waals surface area (Å²) in [6, 6.07) is 10.4. The van der Waals surface area contributed by atoms with Crippen molar-refractivity contribution in [2.75, 3.05) is 6.54 Å². The normalized spacial score (nSPS) is 11.5. The van der Waals surface area contributed by atoms with Crippen molar-refractivity contribution in [1.82, 2.24) is 0 Å². The van der Waals surface area contributed by atoms with E-state index < -0.39 is 0 Å². The lowest BCUT2D eigenvalue weighted by molar-refractivity contribution is 1.25. The molecule has 68 valence electrons. The summed E-state index contributed by atoms with van der Waals surface area (Å²) in [6.07, 6.45) is 9.04. The summed E-state index contributed by atoms with van der Waals surface area (Å²) in [7, 11) is 0. The maximum absolute atomic E-state index is 5.30. The summed E-state index contributed by atoms with van der Waals surface area (Å²) in [5, 5.41) is 0. The van der Waals surface area contributed by atoms with E-state index in [9.17, 15) is 0 Å². The molecular weight excluding hydrogens is 158 g/mol. The molecule has 0 radical (unpaired) electrons. The standard InChI is InChI=1S/C12H15N/c13-11-7-2-1-4-8-12-9-5-3-6-10-12/h1-7,9-10H,8,11,13H2/b4-1+,7-2+. The number of nitrogens with two attached hydrogens (primary N) is 1. The highest BCUT2D eigenvalue weighted by atomic mass is 14.5. The van der Waals surface area contributed by atoms with E-state index in [4.69, 9.17) is 5.73 Å². The molecule has 0 aliphatic heterocycles. The predicted molar refractivity (Wildman–Crippen MR) is 57.5 cm³/mol. The van der Waals surface area contributed by atoms with Gasteiger partial charge >= 0.3 is 0 Å². The molecule has 13 heavy (non-hydrogen) atoms. The first-order valence-corrected chi connectivity index (χ1v) is 4.49. The zero-order valence-electron chi connectivity index (χ0n) is 7.69. The first kappa shape index (κ1) is 9.75. The first-order valence-electron chi connectivity index (χ1n) is 4.49. The van der Waals surface area contributed by atoms with Gasteiger partial charge in [0.25, 0.3) is 0 Å². The van der Waals surface area contributed by atoms with Crippen LogP contribution in [0.3, 0.4) is 0 Å². The molecule has 1 heteroatoms. The summed E-state index contributed by atoms with van der Waals surface area (Å²) < 4.78 is 0. The molecule has 0 aliphatic carbocycles. The molecule has 0 spiro atoms. The van der Waals surface area contributed by atoms with Crippen molar-refractivity contribution in [2.45, 2.75) is 6.42 Å². The van der Waals surface area contributed by atoms with E-state index in [1.54, 1.807) is 0 Å². The van der Waals surface area contributed by atoms with Crippen LogP contribution in [0.2, 0.25) is 0 Å². The third-order valence-corrected chi connectivity index (χ3v) is 1.72. The Bertz CT molecular complexity index is 272. The van der Waals surface area contributed by atoms with E-state index in [0.717, 1.165) is 6.42 Å². The Balaban J connectivity index is 2.35. The Kier molecular flexibility index (Phi) is 4.65. The van der Waals surface area contributed by atoms with Crippen molar-refractivity contribution in [3.05, 3.63) is 60.2 Å². The second kappa shape index (κ2) is 6.21. The topological polar surface area (TPSA) is 26.0 Å². The Morgan fingerprint density at radius 3 is 2.38 bits per heavy atom. The molecule has 0 aromatic heterocycles. The van der Waals surface area contributed by atoms with Gasteiger partial charge in [-0.2, -0.15) is 0 Å². The molecule has 0 amide bonds. The Hall–Kier alpha value is -1.34. The highest BCUT2D eigenvalue weighted by molar-refractivity contribution is 5.18. The summed E-state index contributed by atoms with van der Waals surface area (Å²) in [5.74, 6) is 0. The Morgan fingerprint density at radius 2 is 1.69 bits per heavy atom. The molecule has 0 atom stereocenters. The van der Waals surface area contributed by atoms with Crippen LogP contribution in [0.5, 0.6) is 0 Å². The van der Waals surface area contributed by atoms with Crippen molar-refractivity contribution in [3.63, 3.8) is 0 Å². The van der Waals surface area contributed by atoms with Gasteiger partial charge in [0.2, 0.25) is 0 Å². The predicted octanol–water partition coefficient (Wildman–Crippen LogP) is 2.30. The maximum Gasteiger partial charge on any atom is 0.0109 e. The van der Waals surface area contributed by atoms with Gasteiger partial charge in [-0.3, -0.25) is 0 Å².